The quantitative estimate of drug-likeness (QED) is 0.829. The molecule has 0 aliphatic carbocycles. The molecule has 0 spiro atoms. The van der Waals surface area contributed by atoms with Crippen molar-refractivity contribution in [1.29, 1.82) is 0 Å². The van der Waals surface area contributed by atoms with Crippen molar-refractivity contribution < 1.29 is 8.42 Å². The first-order valence-electron chi connectivity index (χ1n) is 5.18. The molecule has 2 rings (SSSR count). The molecule has 0 bridgehead atoms. The predicted molar refractivity (Wildman–Crippen MR) is 67.5 cm³/mol. The summed E-state index contributed by atoms with van der Waals surface area (Å²) in [6.45, 7) is 1.87. The summed E-state index contributed by atoms with van der Waals surface area (Å²) in [5, 5.41) is 0. The lowest BCUT2D eigenvalue weighted by Gasteiger charge is -2.08. The van der Waals surface area contributed by atoms with E-state index < -0.39 is 9.84 Å². The SMILES string of the molecule is Cc1ccc(S(=O)(=O)c2ccccc2)c(N)c1. The first-order chi connectivity index (χ1) is 8.01. The Hall–Kier alpha value is -1.81. The fraction of sp³-hybridized carbons (Fsp3) is 0.0769. The van der Waals surface area contributed by atoms with Crippen LogP contribution in [0.1, 0.15) is 5.56 Å². The van der Waals surface area contributed by atoms with Crippen molar-refractivity contribution in [2.24, 2.45) is 0 Å². The van der Waals surface area contributed by atoms with Crippen LogP contribution in [0.5, 0.6) is 0 Å². The van der Waals surface area contributed by atoms with Crippen LogP contribution in [0.15, 0.2) is 58.3 Å². The zero-order chi connectivity index (χ0) is 12.5. The maximum atomic E-state index is 12.3. The molecule has 4 heteroatoms. The number of aryl methyl sites for hydroxylation is 1. The maximum absolute atomic E-state index is 12.3. The lowest BCUT2D eigenvalue weighted by molar-refractivity contribution is 0.596. The van der Waals surface area contributed by atoms with Gasteiger partial charge in [-0.2, -0.15) is 0 Å². The molecule has 17 heavy (non-hydrogen) atoms. The number of hydrogen-bond acceptors (Lipinski definition) is 3. The minimum Gasteiger partial charge on any atom is -0.398 e. The number of benzene rings is 2. The second kappa shape index (κ2) is 4.22. The van der Waals surface area contributed by atoms with Crippen molar-refractivity contribution in [2.45, 2.75) is 16.7 Å². The molecular formula is C13H13NO2S. The van der Waals surface area contributed by atoms with Gasteiger partial charge < -0.3 is 5.73 Å². The number of hydrogen-bond donors (Lipinski definition) is 1. The lowest BCUT2D eigenvalue weighted by atomic mass is 10.2. The van der Waals surface area contributed by atoms with Gasteiger partial charge >= 0.3 is 0 Å². The van der Waals surface area contributed by atoms with Crippen LogP contribution in [-0.4, -0.2) is 8.42 Å². The van der Waals surface area contributed by atoms with E-state index in [1.807, 2.05) is 6.92 Å². The molecular weight excluding hydrogens is 234 g/mol. The van der Waals surface area contributed by atoms with E-state index in [9.17, 15) is 8.42 Å². The Kier molecular flexibility index (Phi) is 2.90. The van der Waals surface area contributed by atoms with Crippen molar-refractivity contribution in [3.05, 3.63) is 54.1 Å². The van der Waals surface area contributed by atoms with Crippen LogP contribution in [-0.2, 0) is 9.84 Å². The fourth-order valence-electron chi connectivity index (χ4n) is 1.64. The lowest BCUT2D eigenvalue weighted by Crippen LogP contribution is -2.05. The Bertz CT molecular complexity index is 634. The van der Waals surface area contributed by atoms with Gasteiger partial charge in [0, 0.05) is 0 Å². The molecule has 0 fully saturated rings. The molecule has 0 aromatic heterocycles. The van der Waals surface area contributed by atoms with Gasteiger partial charge in [0.05, 0.1) is 15.5 Å². The van der Waals surface area contributed by atoms with Crippen LogP contribution in [0.2, 0.25) is 0 Å². The Labute approximate surface area is 101 Å². The summed E-state index contributed by atoms with van der Waals surface area (Å²) in [4.78, 5) is 0.421. The molecule has 0 saturated carbocycles. The standard InChI is InChI=1S/C13H13NO2S/c1-10-7-8-13(12(14)9-10)17(15,16)11-5-3-2-4-6-11/h2-9H,14H2,1H3. The second-order valence-corrected chi connectivity index (χ2v) is 5.78. The maximum Gasteiger partial charge on any atom is 0.208 e. The van der Waals surface area contributed by atoms with Crippen molar-refractivity contribution in [3.8, 4) is 0 Å². The summed E-state index contributed by atoms with van der Waals surface area (Å²) < 4.78 is 24.6. The summed E-state index contributed by atoms with van der Waals surface area (Å²) in [5.41, 5.74) is 6.99. The van der Waals surface area contributed by atoms with Crippen molar-refractivity contribution in [1.82, 2.24) is 0 Å². The highest BCUT2D eigenvalue weighted by Crippen LogP contribution is 2.26. The third kappa shape index (κ3) is 2.17. The molecule has 2 aromatic carbocycles. The van der Waals surface area contributed by atoms with Crippen LogP contribution in [0, 0.1) is 6.92 Å². The van der Waals surface area contributed by atoms with Crippen LogP contribution < -0.4 is 5.73 Å². The molecule has 0 saturated heterocycles. The van der Waals surface area contributed by atoms with Gasteiger partial charge in [-0.1, -0.05) is 24.3 Å². The van der Waals surface area contributed by atoms with Crippen LogP contribution in [0.4, 0.5) is 5.69 Å². The first kappa shape index (κ1) is 11.7. The van der Waals surface area contributed by atoms with E-state index in [-0.39, 0.29) is 15.5 Å². The van der Waals surface area contributed by atoms with E-state index in [0.29, 0.717) is 0 Å². The van der Waals surface area contributed by atoms with Gasteiger partial charge in [-0.15, -0.1) is 0 Å². The molecule has 2 N–H and O–H groups in total. The number of anilines is 1. The second-order valence-electron chi connectivity index (χ2n) is 3.86. The molecule has 3 nitrogen and oxygen atoms in total. The Morgan fingerprint density at radius 3 is 2.24 bits per heavy atom. The highest BCUT2D eigenvalue weighted by molar-refractivity contribution is 7.91. The van der Waals surface area contributed by atoms with Crippen molar-refractivity contribution >= 4 is 15.5 Å². The predicted octanol–water partition coefficient (Wildman–Crippen LogP) is 2.41. The van der Waals surface area contributed by atoms with E-state index >= 15 is 0 Å². The summed E-state index contributed by atoms with van der Waals surface area (Å²) in [7, 11) is -3.51. The third-order valence-electron chi connectivity index (χ3n) is 2.51. The van der Waals surface area contributed by atoms with Crippen LogP contribution >= 0.6 is 0 Å². The average Bonchev–Trinajstić information content (AvgIpc) is 2.29. The summed E-state index contributed by atoms with van der Waals surface area (Å²) in [6.07, 6.45) is 0. The molecule has 0 amide bonds. The first-order valence-corrected chi connectivity index (χ1v) is 6.66. The fourth-order valence-corrected chi connectivity index (χ4v) is 3.03. The van der Waals surface area contributed by atoms with Gasteiger partial charge in [-0.25, -0.2) is 8.42 Å². The molecule has 2 aromatic rings. The van der Waals surface area contributed by atoms with Gasteiger partial charge in [0.2, 0.25) is 9.84 Å². The number of nitrogens with two attached hydrogens (primary N) is 1. The van der Waals surface area contributed by atoms with Crippen molar-refractivity contribution in [2.75, 3.05) is 5.73 Å². The third-order valence-corrected chi connectivity index (χ3v) is 4.35. The van der Waals surface area contributed by atoms with Gasteiger partial charge in [0.15, 0.2) is 0 Å². The summed E-state index contributed by atoms with van der Waals surface area (Å²) in [6, 6.07) is 13.2. The molecule has 0 heterocycles. The molecule has 0 atom stereocenters. The Morgan fingerprint density at radius 2 is 1.65 bits per heavy atom. The zero-order valence-electron chi connectivity index (χ0n) is 9.42. The van der Waals surface area contributed by atoms with E-state index in [2.05, 4.69) is 0 Å². The van der Waals surface area contributed by atoms with E-state index in [0.717, 1.165) is 5.56 Å². The van der Waals surface area contributed by atoms with E-state index in [1.165, 1.54) is 0 Å². The summed E-state index contributed by atoms with van der Waals surface area (Å²) >= 11 is 0. The minimum atomic E-state index is -3.51. The highest BCUT2D eigenvalue weighted by Gasteiger charge is 2.19. The molecule has 88 valence electrons. The summed E-state index contributed by atoms with van der Waals surface area (Å²) in [5.74, 6) is 0. The molecule has 0 aliphatic heterocycles. The minimum absolute atomic E-state index is 0.161. The van der Waals surface area contributed by atoms with Crippen LogP contribution in [0.3, 0.4) is 0 Å². The highest BCUT2D eigenvalue weighted by atomic mass is 32.2. The Balaban J connectivity index is 2.61. The van der Waals surface area contributed by atoms with Gasteiger partial charge in [0.1, 0.15) is 0 Å². The van der Waals surface area contributed by atoms with Crippen LogP contribution in [0.25, 0.3) is 0 Å². The molecule has 0 aliphatic rings. The monoisotopic (exact) mass is 247 g/mol. The number of nitrogen functional groups attached to an aromatic ring is 1. The number of rotatable bonds is 2. The smallest absolute Gasteiger partial charge is 0.208 e. The number of sulfone groups is 1. The topological polar surface area (TPSA) is 60.2 Å². The van der Waals surface area contributed by atoms with Gasteiger partial charge in [0.25, 0.3) is 0 Å². The average molecular weight is 247 g/mol. The molecule has 0 unspecified atom stereocenters. The van der Waals surface area contributed by atoms with Gasteiger partial charge in [-0.05, 0) is 36.8 Å². The van der Waals surface area contributed by atoms with E-state index in [1.54, 1.807) is 48.5 Å². The molecule has 0 radical (unpaired) electrons. The van der Waals surface area contributed by atoms with Crippen molar-refractivity contribution in [3.63, 3.8) is 0 Å². The normalized spacial score (nSPS) is 11.4. The zero-order valence-corrected chi connectivity index (χ0v) is 10.2. The Morgan fingerprint density at radius 1 is 1.00 bits per heavy atom. The largest absolute Gasteiger partial charge is 0.398 e. The van der Waals surface area contributed by atoms with E-state index in [4.69, 9.17) is 5.73 Å². The van der Waals surface area contributed by atoms with Gasteiger partial charge in [-0.3, -0.25) is 0 Å².